The van der Waals surface area contributed by atoms with Crippen LogP contribution < -0.4 is 0 Å². The summed E-state index contributed by atoms with van der Waals surface area (Å²) in [5.74, 6) is 0.413. The first-order valence-electron chi connectivity index (χ1n) is 10.2. The Labute approximate surface area is 163 Å². The van der Waals surface area contributed by atoms with E-state index in [4.69, 9.17) is 0 Å². The topological polar surface area (TPSA) is 47.0 Å². The molecule has 1 heterocycles. The SMILES string of the molecule is CN1CCN(C(=O)N(C)CC[C@@]2(C)c3cccc(O)c3CCC2(C)C)CC1. The average molecular weight is 374 g/mol. The van der Waals surface area contributed by atoms with E-state index in [0.717, 1.165) is 57.5 Å². The van der Waals surface area contributed by atoms with E-state index in [1.54, 1.807) is 6.07 Å². The van der Waals surface area contributed by atoms with Crippen molar-refractivity contribution in [3.63, 3.8) is 0 Å². The summed E-state index contributed by atoms with van der Waals surface area (Å²) in [6, 6.07) is 6.04. The third kappa shape index (κ3) is 3.66. The van der Waals surface area contributed by atoms with Crippen molar-refractivity contribution in [2.24, 2.45) is 5.41 Å². The Bertz CT molecular complexity index is 695. The number of carbonyl (C=O) groups is 1. The molecular weight excluding hydrogens is 338 g/mol. The number of aromatic hydroxyl groups is 1. The Hall–Kier alpha value is -1.75. The summed E-state index contributed by atoms with van der Waals surface area (Å²) in [6.45, 7) is 11.2. The third-order valence-corrected chi connectivity index (χ3v) is 7.29. The van der Waals surface area contributed by atoms with Crippen LogP contribution >= 0.6 is 0 Å². The Morgan fingerprint density at radius 1 is 1.19 bits per heavy atom. The van der Waals surface area contributed by atoms with Crippen LogP contribution in [0.5, 0.6) is 5.75 Å². The van der Waals surface area contributed by atoms with Crippen LogP contribution in [0.1, 0.15) is 44.7 Å². The molecule has 1 fully saturated rings. The fraction of sp³-hybridized carbons (Fsp3) is 0.682. The highest BCUT2D eigenvalue weighted by molar-refractivity contribution is 5.74. The molecule has 150 valence electrons. The smallest absolute Gasteiger partial charge is 0.319 e. The van der Waals surface area contributed by atoms with Crippen molar-refractivity contribution in [2.75, 3.05) is 46.8 Å². The summed E-state index contributed by atoms with van der Waals surface area (Å²) in [7, 11) is 4.02. The molecule has 27 heavy (non-hydrogen) atoms. The number of carbonyl (C=O) groups excluding carboxylic acids is 1. The number of hydrogen-bond donors (Lipinski definition) is 1. The van der Waals surface area contributed by atoms with Gasteiger partial charge in [0, 0.05) is 39.8 Å². The summed E-state index contributed by atoms with van der Waals surface area (Å²) in [5, 5.41) is 10.3. The van der Waals surface area contributed by atoms with E-state index in [0.29, 0.717) is 5.75 Å². The normalized spacial score (nSPS) is 25.1. The quantitative estimate of drug-likeness (QED) is 0.884. The molecule has 0 radical (unpaired) electrons. The molecule has 2 amide bonds. The number of piperazine rings is 1. The number of amides is 2. The number of phenols is 1. The van der Waals surface area contributed by atoms with Gasteiger partial charge in [0.15, 0.2) is 0 Å². The van der Waals surface area contributed by atoms with Crippen LogP contribution in [-0.4, -0.2) is 72.7 Å². The van der Waals surface area contributed by atoms with E-state index in [1.807, 2.05) is 22.9 Å². The second kappa shape index (κ2) is 7.34. The van der Waals surface area contributed by atoms with Gasteiger partial charge in [-0.2, -0.15) is 0 Å². The Kier molecular flexibility index (Phi) is 5.44. The van der Waals surface area contributed by atoms with Gasteiger partial charge in [0.1, 0.15) is 5.75 Å². The minimum absolute atomic E-state index is 0.0734. The van der Waals surface area contributed by atoms with E-state index >= 15 is 0 Å². The van der Waals surface area contributed by atoms with Crippen molar-refractivity contribution in [1.29, 1.82) is 0 Å². The van der Waals surface area contributed by atoms with E-state index in [1.165, 1.54) is 5.56 Å². The molecule has 1 saturated heterocycles. The summed E-state index contributed by atoms with van der Waals surface area (Å²) < 4.78 is 0. The van der Waals surface area contributed by atoms with Gasteiger partial charge < -0.3 is 19.8 Å². The molecule has 1 aliphatic carbocycles. The molecular formula is C22H35N3O2. The average Bonchev–Trinajstić information content (AvgIpc) is 2.63. The molecule has 5 heteroatoms. The molecule has 3 rings (SSSR count). The van der Waals surface area contributed by atoms with Crippen molar-refractivity contribution in [3.8, 4) is 5.75 Å². The van der Waals surface area contributed by atoms with Crippen LogP contribution in [0.4, 0.5) is 4.79 Å². The largest absolute Gasteiger partial charge is 0.508 e. The second-order valence-electron chi connectivity index (χ2n) is 9.26. The van der Waals surface area contributed by atoms with Crippen molar-refractivity contribution in [3.05, 3.63) is 29.3 Å². The predicted octanol–water partition coefficient (Wildman–Crippen LogP) is 3.31. The molecule has 0 aromatic heterocycles. The number of urea groups is 1. The number of hydrogen-bond acceptors (Lipinski definition) is 3. The molecule has 0 bridgehead atoms. The molecule has 2 aliphatic rings. The highest BCUT2D eigenvalue weighted by Crippen LogP contribution is 2.53. The molecule has 1 atom stereocenters. The molecule has 1 N–H and O–H groups in total. The lowest BCUT2D eigenvalue weighted by atomic mass is 9.55. The summed E-state index contributed by atoms with van der Waals surface area (Å²) in [4.78, 5) is 18.9. The third-order valence-electron chi connectivity index (χ3n) is 7.29. The number of fused-ring (bicyclic) bond motifs is 1. The van der Waals surface area contributed by atoms with Gasteiger partial charge in [0.05, 0.1) is 0 Å². The monoisotopic (exact) mass is 373 g/mol. The fourth-order valence-corrected chi connectivity index (χ4v) is 4.63. The Balaban J connectivity index is 1.74. The molecule has 1 aromatic rings. The van der Waals surface area contributed by atoms with Gasteiger partial charge in [-0.25, -0.2) is 4.79 Å². The molecule has 0 saturated carbocycles. The van der Waals surface area contributed by atoms with Gasteiger partial charge in [0.2, 0.25) is 0 Å². The van der Waals surface area contributed by atoms with Gasteiger partial charge >= 0.3 is 6.03 Å². The van der Waals surface area contributed by atoms with Crippen LogP contribution in [0.25, 0.3) is 0 Å². The number of phenolic OH excluding ortho intramolecular Hbond substituents is 1. The summed E-state index contributed by atoms with van der Waals surface area (Å²) in [6.07, 6.45) is 2.86. The number of benzene rings is 1. The first-order valence-corrected chi connectivity index (χ1v) is 10.2. The Morgan fingerprint density at radius 2 is 1.85 bits per heavy atom. The van der Waals surface area contributed by atoms with Crippen LogP contribution in [0.3, 0.4) is 0 Å². The zero-order chi connectivity index (χ0) is 19.8. The van der Waals surface area contributed by atoms with Crippen molar-refractivity contribution >= 4 is 6.03 Å². The molecule has 1 aliphatic heterocycles. The van der Waals surface area contributed by atoms with Crippen molar-refractivity contribution in [2.45, 2.75) is 45.4 Å². The van der Waals surface area contributed by atoms with E-state index in [9.17, 15) is 9.90 Å². The first kappa shape index (κ1) is 20.0. The van der Waals surface area contributed by atoms with Gasteiger partial charge in [-0.1, -0.05) is 32.9 Å². The lowest BCUT2D eigenvalue weighted by molar-refractivity contribution is 0.106. The zero-order valence-corrected chi connectivity index (χ0v) is 17.6. The van der Waals surface area contributed by atoms with Crippen LogP contribution in [-0.2, 0) is 11.8 Å². The predicted molar refractivity (Wildman–Crippen MR) is 109 cm³/mol. The van der Waals surface area contributed by atoms with Gasteiger partial charge in [-0.3, -0.25) is 0 Å². The molecule has 0 spiro atoms. The highest BCUT2D eigenvalue weighted by atomic mass is 16.3. The number of nitrogens with zero attached hydrogens (tertiary/aromatic N) is 3. The fourth-order valence-electron chi connectivity index (χ4n) is 4.63. The summed E-state index contributed by atoms with van der Waals surface area (Å²) in [5.41, 5.74) is 2.38. The summed E-state index contributed by atoms with van der Waals surface area (Å²) >= 11 is 0. The standard InChI is InChI=1S/C22H35N3O2/c1-21(2)10-9-17-18(7-6-8-19(17)26)22(21,3)11-12-24(5)20(27)25-15-13-23(4)14-16-25/h6-8,26H,9-16H2,1-5H3/t22-/m0/s1. The van der Waals surface area contributed by atoms with E-state index in [-0.39, 0.29) is 16.9 Å². The van der Waals surface area contributed by atoms with Crippen molar-refractivity contribution in [1.82, 2.24) is 14.7 Å². The van der Waals surface area contributed by atoms with Crippen LogP contribution in [0.2, 0.25) is 0 Å². The van der Waals surface area contributed by atoms with Crippen molar-refractivity contribution < 1.29 is 9.90 Å². The number of rotatable bonds is 3. The minimum atomic E-state index is -0.0734. The van der Waals surface area contributed by atoms with Gasteiger partial charge in [0.25, 0.3) is 0 Å². The maximum atomic E-state index is 12.8. The Morgan fingerprint density at radius 3 is 2.52 bits per heavy atom. The maximum Gasteiger partial charge on any atom is 0.319 e. The van der Waals surface area contributed by atoms with Crippen LogP contribution in [0, 0.1) is 5.41 Å². The van der Waals surface area contributed by atoms with E-state index < -0.39 is 0 Å². The lowest BCUT2D eigenvalue weighted by Crippen LogP contribution is -2.52. The molecule has 1 aromatic carbocycles. The zero-order valence-electron chi connectivity index (χ0n) is 17.6. The minimum Gasteiger partial charge on any atom is -0.508 e. The van der Waals surface area contributed by atoms with Gasteiger partial charge in [-0.05, 0) is 54.3 Å². The lowest BCUT2D eigenvalue weighted by Gasteiger charge is -2.50. The van der Waals surface area contributed by atoms with E-state index in [2.05, 4.69) is 38.8 Å². The van der Waals surface area contributed by atoms with Crippen LogP contribution in [0.15, 0.2) is 18.2 Å². The molecule has 0 unspecified atom stereocenters. The first-order chi connectivity index (χ1) is 12.7. The number of likely N-dealkylation sites (N-methyl/N-ethyl adjacent to an activating group) is 1. The maximum absolute atomic E-state index is 12.8. The second-order valence-corrected chi connectivity index (χ2v) is 9.26. The van der Waals surface area contributed by atoms with Gasteiger partial charge in [-0.15, -0.1) is 0 Å². The highest BCUT2D eigenvalue weighted by Gasteiger charge is 2.46. The molecule has 5 nitrogen and oxygen atoms in total.